The predicted molar refractivity (Wildman–Crippen MR) is 118 cm³/mol. The van der Waals surface area contributed by atoms with Crippen LogP contribution >= 0.6 is 28.1 Å². The molecule has 28 heavy (non-hydrogen) atoms. The van der Waals surface area contributed by atoms with Crippen molar-refractivity contribution < 1.29 is 9.53 Å². The summed E-state index contributed by atoms with van der Waals surface area (Å²) < 4.78 is 7.43. The van der Waals surface area contributed by atoms with E-state index >= 15 is 0 Å². The van der Waals surface area contributed by atoms with Crippen LogP contribution in [0.1, 0.15) is 51.5 Å². The van der Waals surface area contributed by atoms with Crippen LogP contribution in [-0.4, -0.2) is 17.1 Å². The standard InChI is InChI=1S/C22H25BrN2O2S/c1-3-6-15-13(4-2)7-5-8-16(15)19-12-22(20(26)24-21(28)25-22)17-11-14(23)9-10-18(17)27-19/h3,6,9-11,16,19H,4-5,7-8,12H2,1-2H3,(H2,24,25,26,28)/b6-3-. The van der Waals surface area contributed by atoms with Gasteiger partial charge in [0.15, 0.2) is 10.7 Å². The Morgan fingerprint density at radius 2 is 2.25 bits per heavy atom. The minimum absolute atomic E-state index is 0.0825. The Balaban J connectivity index is 1.80. The molecule has 3 aliphatic rings. The highest BCUT2D eigenvalue weighted by Crippen LogP contribution is 2.47. The summed E-state index contributed by atoms with van der Waals surface area (Å²) in [6.45, 7) is 4.29. The van der Waals surface area contributed by atoms with Crippen molar-refractivity contribution in [2.45, 2.75) is 57.6 Å². The topological polar surface area (TPSA) is 50.4 Å². The van der Waals surface area contributed by atoms with Crippen LogP contribution < -0.4 is 15.4 Å². The second-order valence-electron chi connectivity index (χ2n) is 7.73. The van der Waals surface area contributed by atoms with Crippen LogP contribution in [0, 0.1) is 5.92 Å². The van der Waals surface area contributed by atoms with Crippen molar-refractivity contribution in [1.82, 2.24) is 10.6 Å². The highest BCUT2D eigenvalue weighted by atomic mass is 79.9. The van der Waals surface area contributed by atoms with Gasteiger partial charge in [-0.2, -0.15) is 0 Å². The summed E-state index contributed by atoms with van der Waals surface area (Å²) in [4.78, 5) is 13.0. The monoisotopic (exact) mass is 460 g/mol. The Bertz CT molecular complexity index is 895. The average molecular weight is 461 g/mol. The molecule has 3 atom stereocenters. The summed E-state index contributed by atoms with van der Waals surface area (Å²) >= 11 is 8.82. The van der Waals surface area contributed by atoms with Gasteiger partial charge in [0.05, 0.1) is 0 Å². The van der Waals surface area contributed by atoms with Gasteiger partial charge in [-0.15, -0.1) is 0 Å². The molecule has 1 saturated heterocycles. The fourth-order valence-corrected chi connectivity index (χ4v) is 5.52. The number of fused-ring (bicyclic) bond motifs is 2. The first-order valence-electron chi connectivity index (χ1n) is 9.93. The zero-order chi connectivity index (χ0) is 19.9. The molecule has 1 aromatic rings. The zero-order valence-corrected chi connectivity index (χ0v) is 18.6. The molecule has 1 aromatic carbocycles. The number of benzene rings is 1. The molecule has 1 fully saturated rings. The molecule has 0 radical (unpaired) electrons. The lowest BCUT2D eigenvalue weighted by molar-refractivity contribution is -0.126. The Morgan fingerprint density at radius 3 is 2.93 bits per heavy atom. The van der Waals surface area contributed by atoms with Crippen molar-refractivity contribution >= 4 is 39.2 Å². The van der Waals surface area contributed by atoms with E-state index in [0.29, 0.717) is 11.5 Å². The number of amides is 1. The first kappa shape index (κ1) is 19.6. The summed E-state index contributed by atoms with van der Waals surface area (Å²) in [6, 6.07) is 5.88. The van der Waals surface area contributed by atoms with E-state index in [2.05, 4.69) is 52.6 Å². The molecule has 1 aliphatic carbocycles. The average Bonchev–Trinajstić information content (AvgIpc) is 2.96. The third-order valence-corrected chi connectivity index (χ3v) is 6.85. The second kappa shape index (κ2) is 7.64. The third kappa shape index (κ3) is 3.20. The molecule has 4 nitrogen and oxygen atoms in total. The third-order valence-electron chi connectivity index (χ3n) is 6.15. The number of hydrogen-bond acceptors (Lipinski definition) is 3. The van der Waals surface area contributed by atoms with Gasteiger partial charge in [0.2, 0.25) is 0 Å². The molecular formula is C22H25BrN2O2S. The van der Waals surface area contributed by atoms with E-state index in [1.807, 2.05) is 18.2 Å². The fraction of sp³-hybridized carbons (Fsp3) is 0.455. The smallest absolute Gasteiger partial charge is 0.256 e. The first-order chi connectivity index (χ1) is 13.5. The summed E-state index contributed by atoms with van der Waals surface area (Å²) in [5.41, 5.74) is 2.87. The molecule has 0 bridgehead atoms. The molecule has 1 spiro atoms. The maximum Gasteiger partial charge on any atom is 0.256 e. The maximum atomic E-state index is 13.0. The van der Waals surface area contributed by atoms with E-state index in [-0.39, 0.29) is 17.9 Å². The molecule has 2 aliphatic heterocycles. The number of allylic oxidation sites excluding steroid dienone is 3. The van der Waals surface area contributed by atoms with Gasteiger partial charge >= 0.3 is 0 Å². The highest BCUT2D eigenvalue weighted by molar-refractivity contribution is 9.10. The van der Waals surface area contributed by atoms with Gasteiger partial charge < -0.3 is 15.4 Å². The lowest BCUT2D eigenvalue weighted by atomic mass is 9.72. The van der Waals surface area contributed by atoms with Crippen molar-refractivity contribution in [3.05, 3.63) is 51.5 Å². The molecule has 3 unspecified atom stereocenters. The van der Waals surface area contributed by atoms with Crippen LogP contribution in [0.5, 0.6) is 5.75 Å². The van der Waals surface area contributed by atoms with Crippen molar-refractivity contribution in [2.24, 2.45) is 5.92 Å². The van der Waals surface area contributed by atoms with Gasteiger partial charge in [0, 0.05) is 22.4 Å². The number of thiocarbonyl (C=S) groups is 1. The van der Waals surface area contributed by atoms with Crippen LogP contribution in [0.4, 0.5) is 0 Å². The van der Waals surface area contributed by atoms with Crippen LogP contribution in [-0.2, 0) is 10.3 Å². The number of rotatable bonds is 3. The predicted octanol–water partition coefficient (Wildman–Crippen LogP) is 4.88. The molecule has 1 amide bonds. The van der Waals surface area contributed by atoms with Crippen LogP contribution in [0.25, 0.3) is 0 Å². The molecule has 2 N–H and O–H groups in total. The van der Waals surface area contributed by atoms with E-state index in [4.69, 9.17) is 17.0 Å². The van der Waals surface area contributed by atoms with E-state index in [1.165, 1.54) is 11.1 Å². The lowest BCUT2D eigenvalue weighted by Crippen LogP contribution is -2.52. The van der Waals surface area contributed by atoms with Gasteiger partial charge in [-0.1, -0.05) is 40.6 Å². The number of ether oxygens (including phenoxy) is 1. The highest BCUT2D eigenvalue weighted by Gasteiger charge is 2.53. The van der Waals surface area contributed by atoms with Crippen molar-refractivity contribution in [2.75, 3.05) is 0 Å². The Hall–Kier alpha value is -1.66. The van der Waals surface area contributed by atoms with E-state index in [1.54, 1.807) is 0 Å². The normalized spacial score (nSPS) is 29.7. The summed E-state index contributed by atoms with van der Waals surface area (Å²) in [5.74, 6) is 0.945. The number of carbonyl (C=O) groups excluding carboxylic acids is 1. The number of hydrogen-bond donors (Lipinski definition) is 2. The molecule has 0 aromatic heterocycles. The van der Waals surface area contributed by atoms with E-state index in [0.717, 1.165) is 41.5 Å². The molecule has 148 valence electrons. The number of nitrogens with one attached hydrogen (secondary N) is 2. The minimum atomic E-state index is -0.871. The van der Waals surface area contributed by atoms with Gasteiger partial charge in [-0.3, -0.25) is 4.79 Å². The number of halogens is 1. The second-order valence-corrected chi connectivity index (χ2v) is 9.05. The maximum absolute atomic E-state index is 13.0. The van der Waals surface area contributed by atoms with E-state index in [9.17, 15) is 4.79 Å². The largest absolute Gasteiger partial charge is 0.489 e. The van der Waals surface area contributed by atoms with Gasteiger partial charge in [-0.25, -0.2) is 0 Å². The molecule has 2 heterocycles. The van der Waals surface area contributed by atoms with Gasteiger partial charge in [-0.05, 0) is 68.6 Å². The van der Waals surface area contributed by atoms with Gasteiger partial charge in [0.25, 0.3) is 5.91 Å². The van der Waals surface area contributed by atoms with Crippen molar-refractivity contribution in [1.29, 1.82) is 0 Å². The summed E-state index contributed by atoms with van der Waals surface area (Å²) in [7, 11) is 0. The van der Waals surface area contributed by atoms with Crippen LogP contribution in [0.2, 0.25) is 0 Å². The Morgan fingerprint density at radius 1 is 1.43 bits per heavy atom. The van der Waals surface area contributed by atoms with Crippen molar-refractivity contribution in [3.63, 3.8) is 0 Å². The Labute approximate surface area is 179 Å². The Kier molecular flexibility index (Phi) is 5.36. The number of carbonyl (C=O) groups is 1. The van der Waals surface area contributed by atoms with Crippen molar-refractivity contribution in [3.8, 4) is 5.75 Å². The fourth-order valence-electron chi connectivity index (χ4n) is 4.89. The van der Waals surface area contributed by atoms with E-state index < -0.39 is 5.54 Å². The molecule has 6 heteroatoms. The lowest BCUT2D eigenvalue weighted by Gasteiger charge is -2.42. The molecule has 0 saturated carbocycles. The first-order valence-corrected chi connectivity index (χ1v) is 11.1. The van der Waals surface area contributed by atoms with Gasteiger partial charge in [0.1, 0.15) is 11.9 Å². The van der Waals surface area contributed by atoms with Crippen LogP contribution in [0.15, 0.2) is 46.0 Å². The molecular weight excluding hydrogens is 436 g/mol. The quantitative estimate of drug-likeness (QED) is 0.630. The SMILES string of the molecule is C/C=C\C1=C(CC)CCCC1C1CC2(NC(=S)NC2=O)c2cc(Br)ccc2O1. The summed E-state index contributed by atoms with van der Waals surface area (Å²) in [5, 5.41) is 6.47. The molecule has 4 rings (SSSR count). The zero-order valence-electron chi connectivity index (χ0n) is 16.2. The van der Waals surface area contributed by atoms with Crippen LogP contribution in [0.3, 0.4) is 0 Å². The minimum Gasteiger partial charge on any atom is -0.489 e. The summed E-state index contributed by atoms with van der Waals surface area (Å²) in [6.07, 6.45) is 9.27.